The average molecular weight is 252 g/mol. The molecule has 2 rings (SSSR count). The monoisotopic (exact) mass is 251 g/mol. The van der Waals surface area contributed by atoms with Gasteiger partial charge in [-0.2, -0.15) is 0 Å². The van der Waals surface area contributed by atoms with Crippen molar-refractivity contribution in [1.82, 2.24) is 4.98 Å². The van der Waals surface area contributed by atoms with E-state index in [1.165, 1.54) is 10.4 Å². The van der Waals surface area contributed by atoms with Crippen LogP contribution in [0.4, 0.5) is 0 Å². The Morgan fingerprint density at radius 2 is 2.25 bits per heavy atom. The van der Waals surface area contributed by atoms with Crippen LogP contribution < -0.4 is 0 Å². The van der Waals surface area contributed by atoms with Gasteiger partial charge in [0, 0.05) is 23.2 Å². The summed E-state index contributed by atoms with van der Waals surface area (Å²) in [5.41, 5.74) is 2.42. The summed E-state index contributed by atoms with van der Waals surface area (Å²) in [6.45, 7) is 2.16. The van der Waals surface area contributed by atoms with Crippen molar-refractivity contribution in [2.45, 2.75) is 25.1 Å². The maximum absolute atomic E-state index is 6.44. The molecule has 1 atom stereocenters. The zero-order valence-corrected chi connectivity index (χ0v) is 10.8. The average Bonchev–Trinajstić information content (AvgIpc) is 2.78. The molecule has 1 unspecified atom stereocenters. The molecule has 0 amide bonds. The minimum atomic E-state index is 0.0462. The van der Waals surface area contributed by atoms with Gasteiger partial charge in [0.25, 0.3) is 0 Å². The Bertz CT molecular complexity index is 438. The molecule has 3 heteroatoms. The first kappa shape index (κ1) is 11.6. The van der Waals surface area contributed by atoms with E-state index in [0.29, 0.717) is 0 Å². The Kier molecular flexibility index (Phi) is 3.97. The van der Waals surface area contributed by atoms with Crippen LogP contribution in [-0.2, 0) is 12.8 Å². The zero-order chi connectivity index (χ0) is 11.4. The van der Waals surface area contributed by atoms with Gasteiger partial charge in [-0.3, -0.25) is 4.98 Å². The highest BCUT2D eigenvalue weighted by Crippen LogP contribution is 2.31. The lowest BCUT2D eigenvalue weighted by molar-refractivity contribution is 0.882. The standard InChI is InChI=1S/C13H14ClNS/c1-2-10-6-8-16-13(10)12(14)9-11-5-3-4-7-15-11/h3-8,12H,2,9H2,1H3. The van der Waals surface area contributed by atoms with Gasteiger partial charge >= 0.3 is 0 Å². The molecular formula is C13H14ClNS. The van der Waals surface area contributed by atoms with Crippen molar-refractivity contribution in [3.63, 3.8) is 0 Å². The third-order valence-electron chi connectivity index (χ3n) is 2.56. The lowest BCUT2D eigenvalue weighted by Gasteiger charge is -2.09. The highest BCUT2D eigenvalue weighted by atomic mass is 35.5. The van der Waals surface area contributed by atoms with Crippen molar-refractivity contribution < 1.29 is 0 Å². The van der Waals surface area contributed by atoms with E-state index in [9.17, 15) is 0 Å². The fourth-order valence-electron chi connectivity index (χ4n) is 1.71. The molecule has 0 aliphatic heterocycles. The molecule has 0 bridgehead atoms. The molecule has 0 aliphatic rings. The second-order valence-electron chi connectivity index (χ2n) is 3.66. The molecule has 84 valence electrons. The SMILES string of the molecule is CCc1ccsc1C(Cl)Cc1ccccn1. The molecule has 0 radical (unpaired) electrons. The highest BCUT2D eigenvalue weighted by molar-refractivity contribution is 7.10. The van der Waals surface area contributed by atoms with Crippen molar-refractivity contribution in [1.29, 1.82) is 0 Å². The first-order chi connectivity index (χ1) is 7.81. The summed E-state index contributed by atoms with van der Waals surface area (Å²) in [7, 11) is 0. The van der Waals surface area contributed by atoms with Crippen LogP contribution in [0.15, 0.2) is 35.8 Å². The Morgan fingerprint density at radius 1 is 1.38 bits per heavy atom. The van der Waals surface area contributed by atoms with Gasteiger partial charge in [-0.05, 0) is 35.6 Å². The molecule has 0 saturated heterocycles. The number of aryl methyl sites for hydroxylation is 1. The Hall–Kier alpha value is -0.860. The Morgan fingerprint density at radius 3 is 2.94 bits per heavy atom. The number of alkyl halides is 1. The molecule has 0 N–H and O–H groups in total. The topological polar surface area (TPSA) is 12.9 Å². The van der Waals surface area contributed by atoms with E-state index < -0.39 is 0 Å². The van der Waals surface area contributed by atoms with Gasteiger partial charge in [0.2, 0.25) is 0 Å². The van der Waals surface area contributed by atoms with Gasteiger partial charge in [0.05, 0.1) is 5.38 Å². The Labute approximate surface area is 105 Å². The predicted octanol–water partition coefficient (Wildman–Crippen LogP) is 4.23. The normalized spacial score (nSPS) is 12.6. The molecule has 0 aliphatic carbocycles. The minimum absolute atomic E-state index is 0.0462. The minimum Gasteiger partial charge on any atom is -0.261 e. The summed E-state index contributed by atoms with van der Waals surface area (Å²) >= 11 is 8.18. The van der Waals surface area contributed by atoms with E-state index in [1.54, 1.807) is 11.3 Å². The van der Waals surface area contributed by atoms with Crippen molar-refractivity contribution in [2.24, 2.45) is 0 Å². The van der Waals surface area contributed by atoms with Crippen LogP contribution in [0.25, 0.3) is 0 Å². The zero-order valence-electron chi connectivity index (χ0n) is 9.19. The summed E-state index contributed by atoms with van der Waals surface area (Å²) in [4.78, 5) is 5.59. The lowest BCUT2D eigenvalue weighted by Crippen LogP contribution is -1.98. The van der Waals surface area contributed by atoms with Gasteiger partial charge in [0.15, 0.2) is 0 Å². The summed E-state index contributed by atoms with van der Waals surface area (Å²) in [5, 5.41) is 2.16. The van der Waals surface area contributed by atoms with Crippen LogP contribution in [0.1, 0.15) is 28.4 Å². The fraction of sp³-hybridized carbons (Fsp3) is 0.308. The molecule has 16 heavy (non-hydrogen) atoms. The quantitative estimate of drug-likeness (QED) is 0.741. The van der Waals surface area contributed by atoms with Gasteiger partial charge in [-0.15, -0.1) is 22.9 Å². The highest BCUT2D eigenvalue weighted by Gasteiger charge is 2.14. The molecular weight excluding hydrogens is 238 g/mol. The van der Waals surface area contributed by atoms with E-state index in [-0.39, 0.29) is 5.38 Å². The Balaban J connectivity index is 2.11. The first-order valence-electron chi connectivity index (χ1n) is 5.41. The maximum Gasteiger partial charge on any atom is 0.0736 e. The summed E-state index contributed by atoms with van der Waals surface area (Å²) in [6, 6.07) is 8.11. The smallest absolute Gasteiger partial charge is 0.0736 e. The molecule has 0 spiro atoms. The molecule has 0 saturated carbocycles. The third-order valence-corrected chi connectivity index (χ3v) is 4.14. The maximum atomic E-state index is 6.44. The van der Waals surface area contributed by atoms with Crippen LogP contribution in [0, 0.1) is 0 Å². The van der Waals surface area contributed by atoms with E-state index in [4.69, 9.17) is 11.6 Å². The summed E-state index contributed by atoms with van der Waals surface area (Å²) < 4.78 is 0. The van der Waals surface area contributed by atoms with Crippen molar-refractivity contribution in [3.8, 4) is 0 Å². The molecule has 1 nitrogen and oxygen atoms in total. The first-order valence-corrected chi connectivity index (χ1v) is 6.73. The molecule has 2 heterocycles. The number of halogens is 1. The van der Waals surface area contributed by atoms with Crippen LogP contribution in [-0.4, -0.2) is 4.98 Å². The number of aromatic nitrogens is 1. The summed E-state index contributed by atoms with van der Waals surface area (Å²) in [6.07, 6.45) is 3.66. The fourth-order valence-corrected chi connectivity index (χ4v) is 3.14. The van der Waals surface area contributed by atoms with Gasteiger partial charge in [-0.25, -0.2) is 0 Å². The van der Waals surface area contributed by atoms with Crippen LogP contribution in [0.2, 0.25) is 0 Å². The number of thiophene rings is 1. The van der Waals surface area contributed by atoms with Gasteiger partial charge in [0.1, 0.15) is 0 Å². The molecule has 2 aromatic heterocycles. The molecule has 2 aromatic rings. The van der Waals surface area contributed by atoms with E-state index in [1.807, 2.05) is 24.4 Å². The second kappa shape index (κ2) is 5.46. The number of nitrogens with zero attached hydrogens (tertiary/aromatic N) is 1. The predicted molar refractivity (Wildman–Crippen MR) is 70.2 cm³/mol. The largest absolute Gasteiger partial charge is 0.261 e. The molecule has 0 aromatic carbocycles. The van der Waals surface area contributed by atoms with E-state index in [2.05, 4.69) is 23.4 Å². The number of pyridine rings is 1. The van der Waals surface area contributed by atoms with Crippen molar-refractivity contribution in [3.05, 3.63) is 52.0 Å². The number of hydrogen-bond acceptors (Lipinski definition) is 2. The molecule has 0 fully saturated rings. The van der Waals surface area contributed by atoms with Crippen molar-refractivity contribution in [2.75, 3.05) is 0 Å². The number of rotatable bonds is 4. The lowest BCUT2D eigenvalue weighted by atomic mass is 10.1. The van der Waals surface area contributed by atoms with E-state index >= 15 is 0 Å². The van der Waals surface area contributed by atoms with Crippen molar-refractivity contribution >= 4 is 22.9 Å². The second-order valence-corrected chi connectivity index (χ2v) is 5.13. The van der Waals surface area contributed by atoms with Crippen LogP contribution >= 0.6 is 22.9 Å². The summed E-state index contributed by atoms with van der Waals surface area (Å²) in [5.74, 6) is 0. The number of hydrogen-bond donors (Lipinski definition) is 0. The third kappa shape index (κ3) is 2.63. The van der Waals surface area contributed by atoms with Gasteiger partial charge < -0.3 is 0 Å². The van der Waals surface area contributed by atoms with E-state index in [0.717, 1.165) is 18.5 Å². The van der Waals surface area contributed by atoms with Crippen LogP contribution in [0.3, 0.4) is 0 Å². The van der Waals surface area contributed by atoms with Crippen LogP contribution in [0.5, 0.6) is 0 Å². The van der Waals surface area contributed by atoms with Gasteiger partial charge in [-0.1, -0.05) is 13.0 Å².